The summed E-state index contributed by atoms with van der Waals surface area (Å²) >= 11 is 0. The summed E-state index contributed by atoms with van der Waals surface area (Å²) in [4.78, 5) is 25.0. The highest BCUT2D eigenvalue weighted by molar-refractivity contribution is 7.91. The number of hydrogen-bond acceptors (Lipinski definition) is 5. The van der Waals surface area contributed by atoms with E-state index in [-0.39, 0.29) is 16.2 Å². The van der Waals surface area contributed by atoms with Crippen LogP contribution in [0.4, 0.5) is 5.69 Å². The summed E-state index contributed by atoms with van der Waals surface area (Å²) in [6.07, 6.45) is -1.11. The molecular formula is C22H21NO5S. The quantitative estimate of drug-likeness (QED) is 0.623. The Morgan fingerprint density at radius 2 is 1.62 bits per heavy atom. The number of carbonyl (C=O) groups excluding carboxylic acids is 2. The first-order valence-electron chi connectivity index (χ1n) is 9.15. The van der Waals surface area contributed by atoms with Gasteiger partial charge in [-0.05, 0) is 30.5 Å². The number of amides is 1. The van der Waals surface area contributed by atoms with Gasteiger partial charge in [-0.3, -0.25) is 4.79 Å². The molecule has 0 heterocycles. The van der Waals surface area contributed by atoms with Crippen LogP contribution in [0.2, 0.25) is 0 Å². The van der Waals surface area contributed by atoms with Crippen LogP contribution in [0, 0.1) is 0 Å². The molecule has 0 fully saturated rings. The maximum Gasteiger partial charge on any atom is 0.340 e. The average molecular weight is 411 g/mol. The van der Waals surface area contributed by atoms with E-state index < -0.39 is 27.8 Å². The molecule has 7 heteroatoms. The Hall–Kier alpha value is -3.19. The molecule has 150 valence electrons. The zero-order valence-electron chi connectivity index (χ0n) is 16.1. The molecule has 0 radical (unpaired) electrons. The van der Waals surface area contributed by atoms with Gasteiger partial charge in [-0.2, -0.15) is 0 Å². The number of benzene rings is 3. The molecule has 0 spiro atoms. The third kappa shape index (κ3) is 4.46. The van der Waals surface area contributed by atoms with Crippen LogP contribution in [0.5, 0.6) is 0 Å². The highest BCUT2D eigenvalue weighted by atomic mass is 32.2. The van der Waals surface area contributed by atoms with Gasteiger partial charge >= 0.3 is 5.97 Å². The summed E-state index contributed by atoms with van der Waals surface area (Å²) in [7, 11) is -3.60. The van der Waals surface area contributed by atoms with Gasteiger partial charge in [0, 0.05) is 11.1 Å². The number of fused-ring (bicyclic) bond motifs is 1. The van der Waals surface area contributed by atoms with Gasteiger partial charge in [0.25, 0.3) is 5.91 Å². The van der Waals surface area contributed by atoms with E-state index in [1.54, 1.807) is 12.1 Å². The highest BCUT2D eigenvalue weighted by Crippen LogP contribution is 2.23. The number of sulfone groups is 1. The number of carbonyl (C=O) groups is 2. The molecule has 29 heavy (non-hydrogen) atoms. The SMILES string of the molecule is CCS(=O)(=O)c1ccccc1C(=O)O[C@@H](C)C(=O)Nc1cccc2ccccc12. The minimum Gasteiger partial charge on any atom is -0.449 e. The van der Waals surface area contributed by atoms with Crippen molar-refractivity contribution in [1.82, 2.24) is 0 Å². The normalized spacial score (nSPS) is 12.3. The first kappa shape index (κ1) is 20.5. The Labute approximate surface area is 169 Å². The molecule has 0 unspecified atom stereocenters. The molecule has 0 saturated carbocycles. The monoisotopic (exact) mass is 411 g/mol. The predicted molar refractivity (Wildman–Crippen MR) is 112 cm³/mol. The molecule has 1 N–H and O–H groups in total. The van der Waals surface area contributed by atoms with Gasteiger partial charge in [0.05, 0.1) is 16.2 Å². The number of nitrogens with one attached hydrogen (secondary N) is 1. The van der Waals surface area contributed by atoms with E-state index in [4.69, 9.17) is 4.74 Å². The summed E-state index contributed by atoms with van der Waals surface area (Å²) in [5.74, 6) is -1.52. The van der Waals surface area contributed by atoms with Crippen LogP contribution in [0.1, 0.15) is 24.2 Å². The van der Waals surface area contributed by atoms with Gasteiger partial charge in [-0.15, -0.1) is 0 Å². The fourth-order valence-electron chi connectivity index (χ4n) is 2.91. The van der Waals surface area contributed by atoms with Crippen LogP contribution >= 0.6 is 0 Å². The van der Waals surface area contributed by atoms with Crippen LogP contribution in [-0.4, -0.2) is 32.2 Å². The topological polar surface area (TPSA) is 89.5 Å². The van der Waals surface area contributed by atoms with Crippen molar-refractivity contribution in [1.29, 1.82) is 0 Å². The Bertz CT molecular complexity index is 1170. The summed E-state index contributed by atoms with van der Waals surface area (Å²) in [6.45, 7) is 2.94. The van der Waals surface area contributed by atoms with Crippen molar-refractivity contribution in [3.05, 3.63) is 72.3 Å². The number of rotatable bonds is 6. The van der Waals surface area contributed by atoms with E-state index in [1.165, 1.54) is 32.0 Å². The standard InChI is InChI=1S/C22H21NO5S/c1-3-29(26,27)20-14-7-6-12-18(20)22(25)28-15(2)21(24)23-19-13-8-10-16-9-4-5-11-17(16)19/h4-15H,3H2,1-2H3,(H,23,24)/t15-/m0/s1. The molecule has 3 aromatic rings. The van der Waals surface area contributed by atoms with Crippen molar-refractivity contribution in [2.75, 3.05) is 11.1 Å². The minimum absolute atomic E-state index is 0.0841. The Kier molecular flexibility index (Phi) is 5.98. The smallest absolute Gasteiger partial charge is 0.340 e. The second-order valence-electron chi connectivity index (χ2n) is 6.46. The van der Waals surface area contributed by atoms with Gasteiger partial charge in [0.15, 0.2) is 15.9 Å². The van der Waals surface area contributed by atoms with Gasteiger partial charge in [0.1, 0.15) is 0 Å². The van der Waals surface area contributed by atoms with Gasteiger partial charge in [0.2, 0.25) is 0 Å². The van der Waals surface area contributed by atoms with Crippen molar-refractivity contribution >= 4 is 38.2 Å². The molecule has 0 aromatic heterocycles. The van der Waals surface area contributed by atoms with Crippen LogP contribution < -0.4 is 5.32 Å². The molecule has 0 saturated heterocycles. The van der Waals surface area contributed by atoms with Crippen LogP contribution in [0.3, 0.4) is 0 Å². The van der Waals surface area contributed by atoms with Crippen molar-refractivity contribution in [3.8, 4) is 0 Å². The minimum atomic E-state index is -3.60. The molecule has 1 atom stereocenters. The number of hydrogen-bond donors (Lipinski definition) is 1. The third-order valence-electron chi connectivity index (χ3n) is 4.52. The van der Waals surface area contributed by atoms with Crippen LogP contribution in [-0.2, 0) is 19.4 Å². The summed E-state index contributed by atoms with van der Waals surface area (Å²) in [6, 6.07) is 18.9. The second kappa shape index (κ2) is 8.45. The lowest BCUT2D eigenvalue weighted by Gasteiger charge is -2.16. The zero-order valence-corrected chi connectivity index (χ0v) is 16.9. The molecule has 0 aliphatic carbocycles. The van der Waals surface area contributed by atoms with E-state index in [0.29, 0.717) is 5.69 Å². The lowest BCUT2D eigenvalue weighted by Crippen LogP contribution is -2.30. The van der Waals surface area contributed by atoms with E-state index in [2.05, 4.69) is 5.32 Å². The van der Waals surface area contributed by atoms with E-state index >= 15 is 0 Å². The molecular weight excluding hydrogens is 390 g/mol. The van der Waals surface area contributed by atoms with Gasteiger partial charge in [-0.1, -0.05) is 55.5 Å². The van der Waals surface area contributed by atoms with E-state index in [0.717, 1.165) is 10.8 Å². The molecule has 1 amide bonds. The van der Waals surface area contributed by atoms with Crippen molar-refractivity contribution in [3.63, 3.8) is 0 Å². The molecule has 6 nitrogen and oxygen atoms in total. The maximum atomic E-state index is 12.6. The Morgan fingerprint density at radius 3 is 2.38 bits per heavy atom. The summed E-state index contributed by atoms with van der Waals surface area (Å²) in [5, 5.41) is 4.59. The van der Waals surface area contributed by atoms with Crippen molar-refractivity contribution in [2.45, 2.75) is 24.8 Å². The fourth-order valence-corrected chi connectivity index (χ4v) is 3.99. The van der Waals surface area contributed by atoms with Gasteiger partial charge in [-0.25, -0.2) is 13.2 Å². The number of anilines is 1. The number of esters is 1. The maximum absolute atomic E-state index is 12.6. The average Bonchev–Trinajstić information content (AvgIpc) is 2.73. The lowest BCUT2D eigenvalue weighted by atomic mass is 10.1. The second-order valence-corrected chi connectivity index (χ2v) is 8.71. The molecule has 0 bridgehead atoms. The van der Waals surface area contributed by atoms with Crippen molar-refractivity contribution < 1.29 is 22.7 Å². The van der Waals surface area contributed by atoms with E-state index in [9.17, 15) is 18.0 Å². The largest absolute Gasteiger partial charge is 0.449 e. The van der Waals surface area contributed by atoms with Crippen LogP contribution in [0.25, 0.3) is 10.8 Å². The molecule has 3 rings (SSSR count). The zero-order chi connectivity index (χ0) is 21.0. The molecule has 0 aliphatic rings. The first-order chi connectivity index (χ1) is 13.8. The molecule has 3 aromatic carbocycles. The third-order valence-corrected chi connectivity index (χ3v) is 6.31. The highest BCUT2D eigenvalue weighted by Gasteiger charge is 2.25. The van der Waals surface area contributed by atoms with Crippen LogP contribution in [0.15, 0.2) is 71.6 Å². The fraction of sp³-hybridized carbons (Fsp3) is 0.182. The molecule has 0 aliphatic heterocycles. The Balaban J connectivity index is 1.78. The Morgan fingerprint density at radius 1 is 0.966 bits per heavy atom. The summed E-state index contributed by atoms with van der Waals surface area (Å²) in [5.41, 5.74) is 0.518. The predicted octanol–water partition coefficient (Wildman–Crippen LogP) is 3.82. The lowest BCUT2D eigenvalue weighted by molar-refractivity contribution is -0.123. The van der Waals surface area contributed by atoms with Crippen molar-refractivity contribution in [2.24, 2.45) is 0 Å². The number of ether oxygens (including phenoxy) is 1. The van der Waals surface area contributed by atoms with Gasteiger partial charge < -0.3 is 10.1 Å². The first-order valence-corrected chi connectivity index (χ1v) is 10.8. The summed E-state index contributed by atoms with van der Waals surface area (Å²) < 4.78 is 29.7. The van der Waals surface area contributed by atoms with E-state index in [1.807, 2.05) is 36.4 Å².